The van der Waals surface area contributed by atoms with Gasteiger partial charge in [0.05, 0.1) is 31.1 Å². The number of morpholine rings is 1. The third-order valence-electron chi connectivity index (χ3n) is 5.97. The summed E-state index contributed by atoms with van der Waals surface area (Å²) >= 11 is 5.97. The van der Waals surface area contributed by atoms with E-state index in [2.05, 4.69) is 26.2 Å². The number of hydrogen-bond donors (Lipinski definition) is 0. The van der Waals surface area contributed by atoms with Crippen LogP contribution in [0.4, 0.5) is 10.3 Å². The van der Waals surface area contributed by atoms with E-state index in [1.54, 1.807) is 18.3 Å². The molecule has 0 spiro atoms. The second-order valence-corrected chi connectivity index (χ2v) is 8.91. The maximum atomic E-state index is 14.8. The van der Waals surface area contributed by atoms with E-state index in [0.29, 0.717) is 59.1 Å². The Kier molecular flexibility index (Phi) is 4.95. The normalized spacial score (nSPS) is 18.8. The molecule has 1 aliphatic heterocycles. The van der Waals surface area contributed by atoms with Gasteiger partial charge in [0.2, 0.25) is 5.95 Å². The summed E-state index contributed by atoms with van der Waals surface area (Å²) in [5.74, 6) is -0.00203. The molecule has 168 valence electrons. The number of aromatic nitrogens is 6. The van der Waals surface area contributed by atoms with E-state index in [0.717, 1.165) is 11.3 Å². The van der Waals surface area contributed by atoms with Gasteiger partial charge in [0.1, 0.15) is 23.1 Å². The fraction of sp³-hybridized carbons (Fsp3) is 0.348. The van der Waals surface area contributed by atoms with E-state index in [1.807, 2.05) is 22.7 Å². The first-order valence-corrected chi connectivity index (χ1v) is 11.3. The Morgan fingerprint density at radius 3 is 2.85 bits per heavy atom. The van der Waals surface area contributed by atoms with E-state index >= 15 is 0 Å². The molecule has 6 rings (SSSR count). The molecule has 4 aromatic rings. The largest absolute Gasteiger partial charge is 0.370 e. The van der Waals surface area contributed by atoms with Crippen molar-refractivity contribution >= 4 is 28.7 Å². The van der Waals surface area contributed by atoms with Gasteiger partial charge in [-0.2, -0.15) is 10.1 Å². The minimum Gasteiger partial charge on any atom is -0.370 e. The Balaban J connectivity index is 1.39. The fourth-order valence-electron chi connectivity index (χ4n) is 4.08. The summed E-state index contributed by atoms with van der Waals surface area (Å²) in [5, 5.41) is 4.81. The van der Waals surface area contributed by atoms with Crippen LogP contribution >= 0.6 is 11.6 Å². The zero-order valence-corrected chi connectivity index (χ0v) is 18.7. The molecular weight excluding hydrogens is 445 g/mol. The summed E-state index contributed by atoms with van der Waals surface area (Å²) in [5.41, 5.74) is 3.33. The Bertz CT molecular complexity index is 1360. The summed E-state index contributed by atoms with van der Waals surface area (Å²) in [7, 11) is 0. The van der Waals surface area contributed by atoms with Gasteiger partial charge in [0, 0.05) is 35.1 Å². The summed E-state index contributed by atoms with van der Waals surface area (Å²) in [6.45, 7) is 3.54. The van der Waals surface area contributed by atoms with Gasteiger partial charge in [-0.25, -0.2) is 19.3 Å². The van der Waals surface area contributed by atoms with Crippen LogP contribution < -0.4 is 4.90 Å². The molecule has 4 heterocycles. The van der Waals surface area contributed by atoms with Gasteiger partial charge in [-0.3, -0.25) is 4.68 Å². The number of ether oxygens (including phenoxy) is 1. The predicted octanol–water partition coefficient (Wildman–Crippen LogP) is 4.30. The summed E-state index contributed by atoms with van der Waals surface area (Å²) in [6, 6.07) is 5.03. The molecule has 0 unspecified atom stereocenters. The van der Waals surface area contributed by atoms with E-state index in [-0.39, 0.29) is 6.10 Å². The van der Waals surface area contributed by atoms with Crippen LogP contribution in [0.2, 0.25) is 5.02 Å². The van der Waals surface area contributed by atoms with Crippen molar-refractivity contribution in [2.75, 3.05) is 24.6 Å². The van der Waals surface area contributed by atoms with Crippen LogP contribution in [0.1, 0.15) is 36.2 Å². The van der Waals surface area contributed by atoms with Gasteiger partial charge in [-0.15, -0.1) is 0 Å². The van der Waals surface area contributed by atoms with Gasteiger partial charge in [0.15, 0.2) is 5.65 Å². The molecule has 1 saturated heterocycles. The molecule has 0 N–H and O–H groups in total. The van der Waals surface area contributed by atoms with Crippen molar-refractivity contribution in [3.63, 3.8) is 0 Å². The molecule has 33 heavy (non-hydrogen) atoms. The molecule has 1 atom stereocenters. The van der Waals surface area contributed by atoms with Gasteiger partial charge in [-0.05, 0) is 38.0 Å². The highest BCUT2D eigenvalue weighted by molar-refractivity contribution is 6.30. The lowest BCUT2D eigenvalue weighted by atomic mass is 10.1. The van der Waals surface area contributed by atoms with Crippen molar-refractivity contribution in [2.45, 2.75) is 31.9 Å². The molecule has 2 aliphatic rings. The molecule has 1 saturated carbocycles. The van der Waals surface area contributed by atoms with Gasteiger partial charge < -0.3 is 9.64 Å². The molecule has 10 heteroatoms. The number of rotatable bonds is 4. The summed E-state index contributed by atoms with van der Waals surface area (Å²) < 4.78 is 22.9. The van der Waals surface area contributed by atoms with Crippen molar-refractivity contribution in [3.8, 4) is 11.3 Å². The van der Waals surface area contributed by atoms with Crippen LogP contribution in [0, 0.1) is 12.7 Å². The summed E-state index contributed by atoms with van der Waals surface area (Å²) in [4.78, 5) is 20.5. The SMILES string of the molecule is Cc1cnc2c(-c3ccc(Cl)cc3F)nc(N3CCO[C@H](c4cnn(C5CC5)c4)C3)nc2n1. The Labute approximate surface area is 194 Å². The second-order valence-electron chi connectivity index (χ2n) is 8.47. The fourth-order valence-corrected chi connectivity index (χ4v) is 4.24. The second kappa shape index (κ2) is 8.00. The lowest BCUT2D eigenvalue weighted by Crippen LogP contribution is -2.39. The number of hydrogen-bond acceptors (Lipinski definition) is 7. The van der Waals surface area contributed by atoms with E-state index < -0.39 is 5.82 Å². The van der Waals surface area contributed by atoms with Crippen LogP contribution in [0.15, 0.2) is 36.8 Å². The first-order valence-electron chi connectivity index (χ1n) is 10.9. The van der Waals surface area contributed by atoms with Crippen LogP contribution in [-0.2, 0) is 4.74 Å². The van der Waals surface area contributed by atoms with Crippen LogP contribution in [0.5, 0.6) is 0 Å². The first-order chi connectivity index (χ1) is 16.0. The maximum absolute atomic E-state index is 14.8. The third-order valence-corrected chi connectivity index (χ3v) is 6.20. The average molecular weight is 466 g/mol. The number of fused-ring (bicyclic) bond motifs is 1. The lowest BCUT2D eigenvalue weighted by molar-refractivity contribution is 0.0392. The average Bonchev–Trinajstić information content (AvgIpc) is 3.54. The molecule has 2 fully saturated rings. The van der Waals surface area contributed by atoms with E-state index in [9.17, 15) is 4.39 Å². The highest BCUT2D eigenvalue weighted by atomic mass is 35.5. The molecule has 0 amide bonds. The minimum absolute atomic E-state index is 0.148. The van der Waals surface area contributed by atoms with Crippen LogP contribution in [0.25, 0.3) is 22.4 Å². The molecular formula is C23H21ClFN7O. The number of halogens is 2. The van der Waals surface area contributed by atoms with Crippen molar-refractivity contribution in [1.82, 2.24) is 29.7 Å². The highest BCUT2D eigenvalue weighted by Crippen LogP contribution is 2.36. The topological polar surface area (TPSA) is 81.9 Å². The molecule has 8 nitrogen and oxygen atoms in total. The molecule has 0 bridgehead atoms. The zero-order chi connectivity index (χ0) is 22.5. The Hall–Kier alpha value is -3.17. The minimum atomic E-state index is -0.469. The van der Waals surface area contributed by atoms with Crippen molar-refractivity contribution in [1.29, 1.82) is 0 Å². The van der Waals surface area contributed by atoms with Gasteiger partial charge >= 0.3 is 0 Å². The number of benzene rings is 1. The van der Waals surface area contributed by atoms with Crippen LogP contribution in [0.3, 0.4) is 0 Å². The standard InChI is InChI=1S/C23H21ClFN7O/c1-13-9-26-21-20(17-5-2-15(24)8-18(17)25)29-23(30-22(21)28-13)31-6-7-33-19(12-31)14-10-27-32(11-14)16-3-4-16/h2,5,8-11,16,19H,3-4,6-7,12H2,1H3/t19-/m0/s1. The zero-order valence-electron chi connectivity index (χ0n) is 17.9. The van der Waals surface area contributed by atoms with Crippen molar-refractivity contribution in [3.05, 3.63) is 58.9 Å². The number of anilines is 1. The number of aryl methyl sites for hydroxylation is 1. The lowest BCUT2D eigenvalue weighted by Gasteiger charge is -2.32. The van der Waals surface area contributed by atoms with Gasteiger partial charge in [-0.1, -0.05) is 11.6 Å². The molecule has 3 aromatic heterocycles. The van der Waals surface area contributed by atoms with E-state index in [1.165, 1.54) is 18.9 Å². The smallest absolute Gasteiger partial charge is 0.228 e. The predicted molar refractivity (Wildman–Crippen MR) is 122 cm³/mol. The number of nitrogens with zero attached hydrogens (tertiary/aromatic N) is 7. The third kappa shape index (κ3) is 3.91. The van der Waals surface area contributed by atoms with Crippen molar-refractivity contribution < 1.29 is 9.13 Å². The molecule has 1 aromatic carbocycles. The van der Waals surface area contributed by atoms with Crippen LogP contribution in [-0.4, -0.2) is 49.4 Å². The quantitative estimate of drug-likeness (QED) is 0.444. The molecule has 0 radical (unpaired) electrons. The highest BCUT2D eigenvalue weighted by Gasteiger charge is 2.29. The Morgan fingerprint density at radius 2 is 2.03 bits per heavy atom. The van der Waals surface area contributed by atoms with Gasteiger partial charge in [0.25, 0.3) is 0 Å². The first kappa shape index (κ1) is 20.4. The monoisotopic (exact) mass is 465 g/mol. The maximum Gasteiger partial charge on any atom is 0.228 e. The Morgan fingerprint density at radius 1 is 1.15 bits per heavy atom. The molecule has 1 aliphatic carbocycles. The van der Waals surface area contributed by atoms with E-state index in [4.69, 9.17) is 21.3 Å². The summed E-state index contributed by atoms with van der Waals surface area (Å²) in [6.07, 6.45) is 7.77. The van der Waals surface area contributed by atoms with Crippen molar-refractivity contribution in [2.24, 2.45) is 0 Å².